The van der Waals surface area contributed by atoms with Gasteiger partial charge < -0.3 is 0 Å². The van der Waals surface area contributed by atoms with Crippen molar-refractivity contribution in [1.82, 2.24) is 9.97 Å². The van der Waals surface area contributed by atoms with Crippen molar-refractivity contribution in [1.29, 1.82) is 0 Å². The van der Waals surface area contributed by atoms with Crippen molar-refractivity contribution in [2.75, 3.05) is 0 Å². The number of nitrogens with zero attached hydrogens (tertiary/aromatic N) is 2. The van der Waals surface area contributed by atoms with Crippen molar-refractivity contribution >= 4 is 64.6 Å². The molecule has 0 N–H and O–H groups in total. The van der Waals surface area contributed by atoms with Crippen LogP contribution in [0.1, 0.15) is 0 Å². The van der Waals surface area contributed by atoms with Crippen LogP contribution >= 0.6 is 0 Å². The van der Waals surface area contributed by atoms with Crippen molar-refractivity contribution in [3.8, 4) is 55.6 Å². The van der Waals surface area contributed by atoms with E-state index in [-0.39, 0.29) is 0 Å². The smallest absolute Gasteiger partial charge is 0.0346 e. The molecule has 2 heterocycles. The summed E-state index contributed by atoms with van der Waals surface area (Å²) >= 11 is 0. The summed E-state index contributed by atoms with van der Waals surface area (Å²) < 4.78 is 0. The zero-order chi connectivity index (χ0) is 39.6. The molecule has 60 heavy (non-hydrogen) atoms. The Balaban J connectivity index is 1.32. The Kier molecular flexibility index (Phi) is 7.89. The summed E-state index contributed by atoms with van der Waals surface area (Å²) in [6, 6.07) is 71.3. The van der Waals surface area contributed by atoms with Gasteiger partial charge in [0.25, 0.3) is 0 Å². The molecule has 0 aliphatic carbocycles. The Labute approximate surface area is 347 Å². The third kappa shape index (κ3) is 5.35. The van der Waals surface area contributed by atoms with Crippen LogP contribution in [0.25, 0.3) is 120 Å². The first-order valence-electron chi connectivity index (χ1n) is 20.5. The summed E-state index contributed by atoms with van der Waals surface area (Å²) in [5, 5.41) is 14.4. The number of fused-ring (bicyclic) bond motifs is 7. The average molecular weight is 761 g/mol. The lowest BCUT2D eigenvalue weighted by molar-refractivity contribution is 1.36. The van der Waals surface area contributed by atoms with E-state index in [1.54, 1.807) is 0 Å². The third-order valence-corrected chi connectivity index (χ3v) is 12.4. The van der Waals surface area contributed by atoms with Gasteiger partial charge >= 0.3 is 0 Å². The molecule has 0 aliphatic heterocycles. The molecule has 0 bridgehead atoms. The van der Waals surface area contributed by atoms with Crippen molar-refractivity contribution in [3.63, 3.8) is 0 Å². The largest absolute Gasteiger partial charge is 0.264 e. The van der Waals surface area contributed by atoms with Gasteiger partial charge in [-0.25, -0.2) is 0 Å². The average Bonchev–Trinajstić information content (AvgIpc) is 3.32. The fraction of sp³-hybridized carbons (Fsp3) is 0. The molecule has 0 atom stereocenters. The first kappa shape index (κ1) is 34.1. The number of aromatic nitrogens is 2. The van der Waals surface area contributed by atoms with E-state index in [0.717, 1.165) is 10.8 Å². The van der Waals surface area contributed by atoms with Gasteiger partial charge in [-0.15, -0.1) is 0 Å². The van der Waals surface area contributed by atoms with Crippen LogP contribution in [-0.2, 0) is 0 Å². The molecule has 10 aromatic carbocycles. The highest BCUT2D eigenvalue weighted by Gasteiger charge is 2.24. The zero-order valence-electron chi connectivity index (χ0n) is 32.7. The molecule has 0 spiro atoms. The Morgan fingerprint density at radius 1 is 0.233 bits per heavy atom. The fourth-order valence-corrected chi connectivity index (χ4v) is 9.81. The minimum atomic E-state index is 1.12. The van der Waals surface area contributed by atoms with Crippen LogP contribution in [0.3, 0.4) is 0 Å². The number of hydrogen-bond donors (Lipinski definition) is 0. The van der Waals surface area contributed by atoms with Crippen LogP contribution in [0.4, 0.5) is 0 Å². The summed E-state index contributed by atoms with van der Waals surface area (Å²) in [5.41, 5.74) is 12.1. The Bertz CT molecular complexity index is 3640. The molecule has 0 amide bonds. The molecule has 0 fully saturated rings. The van der Waals surface area contributed by atoms with E-state index in [4.69, 9.17) is 0 Å². The van der Waals surface area contributed by atoms with Gasteiger partial charge in [-0.3, -0.25) is 9.97 Å². The predicted octanol–water partition coefficient (Wildman–Crippen LogP) is 15.7. The SMILES string of the molecule is c1ccc(-c2cccc(-c3c(-c4ccccc4)c4cc5c(-c6cccc7cnccc67)c6ccccc6c(-c6cccc7cnccc67)c5cc4c4ccccc34)c2)cc1. The molecule has 0 unspecified atom stereocenters. The minimum Gasteiger partial charge on any atom is -0.264 e. The number of hydrogen-bond acceptors (Lipinski definition) is 2. The van der Waals surface area contributed by atoms with Crippen molar-refractivity contribution in [2.24, 2.45) is 0 Å². The van der Waals surface area contributed by atoms with Gasteiger partial charge in [0.1, 0.15) is 0 Å². The molecular weight excluding hydrogens is 725 g/mol. The van der Waals surface area contributed by atoms with E-state index in [9.17, 15) is 0 Å². The first-order chi connectivity index (χ1) is 29.8. The summed E-state index contributed by atoms with van der Waals surface area (Å²) in [5.74, 6) is 0. The van der Waals surface area contributed by atoms with Gasteiger partial charge in [0.05, 0.1) is 0 Å². The van der Waals surface area contributed by atoms with E-state index in [1.807, 2.05) is 24.8 Å². The highest BCUT2D eigenvalue weighted by molar-refractivity contribution is 6.31. The second-order valence-corrected chi connectivity index (χ2v) is 15.7. The molecule has 278 valence electrons. The second kappa shape index (κ2) is 13.9. The van der Waals surface area contributed by atoms with Crippen LogP contribution in [0.15, 0.2) is 219 Å². The normalized spacial score (nSPS) is 11.7. The molecule has 0 saturated heterocycles. The quantitative estimate of drug-likeness (QED) is 0.129. The monoisotopic (exact) mass is 760 g/mol. The predicted molar refractivity (Wildman–Crippen MR) is 254 cm³/mol. The van der Waals surface area contributed by atoms with Gasteiger partial charge in [-0.1, -0.05) is 164 Å². The molecule has 0 radical (unpaired) electrons. The lowest BCUT2D eigenvalue weighted by Crippen LogP contribution is -1.96. The zero-order valence-corrected chi connectivity index (χ0v) is 32.7. The molecule has 12 aromatic rings. The molecule has 12 rings (SSSR count). The highest BCUT2D eigenvalue weighted by Crippen LogP contribution is 2.51. The lowest BCUT2D eigenvalue weighted by atomic mass is 9.80. The number of pyridine rings is 2. The van der Waals surface area contributed by atoms with Gasteiger partial charge in [-0.2, -0.15) is 0 Å². The second-order valence-electron chi connectivity index (χ2n) is 15.7. The van der Waals surface area contributed by atoms with E-state index in [0.29, 0.717) is 0 Å². The summed E-state index contributed by atoms with van der Waals surface area (Å²) in [4.78, 5) is 9.05. The topological polar surface area (TPSA) is 25.8 Å². The van der Waals surface area contributed by atoms with E-state index >= 15 is 0 Å². The van der Waals surface area contributed by atoms with Crippen LogP contribution in [0, 0.1) is 0 Å². The van der Waals surface area contributed by atoms with Crippen LogP contribution in [-0.4, -0.2) is 9.97 Å². The minimum absolute atomic E-state index is 1.12. The molecule has 0 aliphatic rings. The maximum atomic E-state index is 4.53. The van der Waals surface area contributed by atoms with E-state index in [2.05, 4.69) is 204 Å². The van der Waals surface area contributed by atoms with Gasteiger partial charge in [0, 0.05) is 35.6 Å². The molecular formula is C58H36N2. The van der Waals surface area contributed by atoms with Crippen molar-refractivity contribution < 1.29 is 0 Å². The fourth-order valence-electron chi connectivity index (χ4n) is 9.81. The van der Waals surface area contributed by atoms with Crippen LogP contribution in [0.5, 0.6) is 0 Å². The molecule has 2 aromatic heterocycles. The van der Waals surface area contributed by atoms with Gasteiger partial charge in [0.2, 0.25) is 0 Å². The van der Waals surface area contributed by atoms with Crippen molar-refractivity contribution in [2.45, 2.75) is 0 Å². The van der Waals surface area contributed by atoms with Crippen LogP contribution in [0.2, 0.25) is 0 Å². The highest BCUT2D eigenvalue weighted by atomic mass is 14.6. The van der Waals surface area contributed by atoms with E-state index in [1.165, 1.54) is 109 Å². The Morgan fingerprint density at radius 2 is 0.667 bits per heavy atom. The molecule has 2 heteroatoms. The molecule has 0 saturated carbocycles. The lowest BCUT2D eigenvalue weighted by Gasteiger charge is -2.23. The third-order valence-electron chi connectivity index (χ3n) is 12.4. The summed E-state index contributed by atoms with van der Waals surface area (Å²) in [6.45, 7) is 0. The maximum absolute atomic E-state index is 4.53. The summed E-state index contributed by atoms with van der Waals surface area (Å²) in [7, 11) is 0. The number of benzene rings is 10. The van der Waals surface area contributed by atoms with Crippen molar-refractivity contribution in [3.05, 3.63) is 219 Å². The number of rotatable bonds is 5. The molecule has 2 nitrogen and oxygen atoms in total. The van der Waals surface area contributed by atoms with Gasteiger partial charge in [0.15, 0.2) is 0 Å². The summed E-state index contributed by atoms with van der Waals surface area (Å²) in [6.07, 6.45) is 7.79. The van der Waals surface area contributed by atoms with Crippen LogP contribution < -0.4 is 0 Å². The first-order valence-corrected chi connectivity index (χ1v) is 20.5. The van der Waals surface area contributed by atoms with E-state index < -0.39 is 0 Å². The Hall–Kier alpha value is -7.94. The van der Waals surface area contributed by atoms with Gasteiger partial charge in [-0.05, 0) is 140 Å². The Morgan fingerprint density at radius 3 is 1.27 bits per heavy atom. The maximum Gasteiger partial charge on any atom is 0.0346 e. The standard InChI is InChI=1S/C58H36N2/c1-3-14-37(15-4-1)39-18-11-19-40(32-39)56-48-23-8-7-22-45(48)51-33-53-54(34-52(51)55(56)38-16-5-2-6-17-38)58(47-27-13-21-42-36-60-31-29-44(42)47)50-25-10-9-24-49(50)57(53)46-26-12-20-41-35-59-30-28-43(41)46/h1-36H.